The highest BCUT2D eigenvalue weighted by atomic mass is 35.5. The maximum Gasteiger partial charge on any atom is 0.248 e. The molecule has 3 aromatic rings. The molecule has 1 heterocycles. The Morgan fingerprint density at radius 3 is 2.66 bits per heavy atom. The van der Waals surface area contributed by atoms with Gasteiger partial charge in [0.05, 0.1) is 25.9 Å². The topological polar surface area (TPSA) is 69.9 Å². The van der Waals surface area contributed by atoms with Crippen LogP contribution < -0.4 is 19.5 Å². The lowest BCUT2D eigenvalue weighted by molar-refractivity contribution is -0.111. The number of halogens is 2. The first-order chi connectivity index (χ1) is 15.5. The smallest absolute Gasteiger partial charge is 0.248 e. The maximum absolute atomic E-state index is 12.2. The van der Waals surface area contributed by atoms with Crippen LogP contribution >= 0.6 is 23.2 Å². The number of carbonyl (C=O) groups is 1. The summed E-state index contributed by atoms with van der Waals surface area (Å²) < 4.78 is 22.0. The quantitative estimate of drug-likeness (QED) is 0.163. The van der Waals surface area contributed by atoms with E-state index in [4.69, 9.17) is 41.8 Å². The zero-order valence-electron chi connectivity index (χ0n) is 17.7. The molecule has 0 radical (unpaired) electrons. The molecule has 0 saturated heterocycles. The molecule has 0 unspecified atom stereocenters. The molecule has 1 aromatic heterocycles. The second-order valence-corrected chi connectivity index (χ2v) is 7.39. The van der Waals surface area contributed by atoms with Gasteiger partial charge in [-0.25, -0.2) is 0 Å². The number of furan rings is 1. The number of anilines is 1. The fourth-order valence-electron chi connectivity index (χ4n) is 2.90. The minimum atomic E-state index is -0.322. The van der Waals surface area contributed by atoms with Gasteiger partial charge in [-0.2, -0.15) is 0 Å². The molecular weight excluding hydrogens is 453 g/mol. The number of carbonyl (C=O) groups excluding carboxylic acids is 1. The lowest BCUT2D eigenvalue weighted by Crippen LogP contribution is -2.07. The first kappa shape index (κ1) is 23.6. The monoisotopic (exact) mass is 475 g/mol. The molecule has 1 N–H and O–H groups in total. The van der Waals surface area contributed by atoms with Gasteiger partial charge in [0, 0.05) is 29.1 Å². The minimum Gasteiger partial charge on any atom is -0.493 e. The van der Waals surface area contributed by atoms with Crippen LogP contribution in [0, 0.1) is 0 Å². The zero-order valence-corrected chi connectivity index (χ0v) is 19.2. The van der Waals surface area contributed by atoms with E-state index in [1.54, 1.807) is 37.5 Å². The van der Waals surface area contributed by atoms with Crippen molar-refractivity contribution >= 4 is 50.8 Å². The molecule has 32 heavy (non-hydrogen) atoms. The van der Waals surface area contributed by atoms with E-state index in [1.165, 1.54) is 13.2 Å². The van der Waals surface area contributed by atoms with E-state index in [-0.39, 0.29) is 5.91 Å². The Morgan fingerprint density at radius 1 is 1.09 bits per heavy atom. The van der Waals surface area contributed by atoms with Crippen LogP contribution in [-0.2, 0) is 4.79 Å². The van der Waals surface area contributed by atoms with Crippen molar-refractivity contribution in [3.05, 3.63) is 66.5 Å². The van der Waals surface area contributed by atoms with E-state index >= 15 is 0 Å². The zero-order chi connectivity index (χ0) is 22.9. The third-order valence-electron chi connectivity index (χ3n) is 4.42. The molecule has 0 bridgehead atoms. The summed E-state index contributed by atoms with van der Waals surface area (Å²) in [4.78, 5) is 12.2. The van der Waals surface area contributed by atoms with Gasteiger partial charge in [0.2, 0.25) is 5.91 Å². The maximum atomic E-state index is 12.2. The van der Waals surface area contributed by atoms with E-state index in [1.807, 2.05) is 24.3 Å². The minimum absolute atomic E-state index is 0.322. The Bertz CT molecular complexity index is 1140. The van der Waals surface area contributed by atoms with Crippen LogP contribution in [0.1, 0.15) is 12.2 Å². The summed E-state index contributed by atoms with van der Waals surface area (Å²) in [5.74, 6) is 2.41. The summed E-state index contributed by atoms with van der Waals surface area (Å²) in [5, 5.41) is 3.97. The summed E-state index contributed by atoms with van der Waals surface area (Å²) in [6.45, 7) is 0.500. The van der Waals surface area contributed by atoms with Crippen molar-refractivity contribution in [2.75, 3.05) is 32.0 Å². The number of amides is 1. The number of benzene rings is 2. The number of hydrogen-bond acceptors (Lipinski definition) is 5. The van der Waals surface area contributed by atoms with Crippen molar-refractivity contribution in [1.82, 2.24) is 0 Å². The Hall–Kier alpha value is -3.09. The molecule has 8 heteroatoms. The molecule has 168 valence electrons. The lowest BCUT2D eigenvalue weighted by atomic mass is 10.2. The molecule has 0 aliphatic carbocycles. The summed E-state index contributed by atoms with van der Waals surface area (Å²) in [6, 6.07) is 12.6. The molecule has 0 fully saturated rings. The number of rotatable bonds is 10. The van der Waals surface area contributed by atoms with Crippen LogP contribution in [0.2, 0.25) is 0 Å². The Morgan fingerprint density at radius 2 is 1.91 bits per heavy atom. The van der Waals surface area contributed by atoms with Crippen molar-refractivity contribution in [2.45, 2.75) is 6.42 Å². The second kappa shape index (κ2) is 11.5. The van der Waals surface area contributed by atoms with Gasteiger partial charge in [-0.05, 0) is 36.8 Å². The van der Waals surface area contributed by atoms with Gasteiger partial charge in [0.15, 0.2) is 22.8 Å². The third-order valence-corrected chi connectivity index (χ3v) is 5.00. The van der Waals surface area contributed by atoms with Crippen molar-refractivity contribution in [1.29, 1.82) is 0 Å². The van der Waals surface area contributed by atoms with Crippen molar-refractivity contribution in [2.24, 2.45) is 0 Å². The highest BCUT2D eigenvalue weighted by Crippen LogP contribution is 2.33. The molecule has 3 rings (SSSR count). The van der Waals surface area contributed by atoms with Crippen LogP contribution in [0.4, 0.5) is 5.69 Å². The fourth-order valence-corrected chi connectivity index (χ4v) is 3.18. The molecular formula is C24H23Cl2NO5. The van der Waals surface area contributed by atoms with E-state index in [9.17, 15) is 4.79 Å². The van der Waals surface area contributed by atoms with Crippen LogP contribution in [0.15, 0.2) is 65.1 Å². The van der Waals surface area contributed by atoms with Crippen molar-refractivity contribution in [3.63, 3.8) is 0 Å². The van der Waals surface area contributed by atoms with Crippen LogP contribution in [0.25, 0.3) is 16.0 Å². The SMILES string of the molecule is COc1ccc(NC(=O)C=CC=C(Cl)c2cc3cccc(OCCCCl)c3o2)cc1OC. The van der Waals surface area contributed by atoms with Gasteiger partial charge >= 0.3 is 0 Å². The normalized spacial score (nSPS) is 11.7. The first-order valence-electron chi connectivity index (χ1n) is 9.84. The van der Waals surface area contributed by atoms with Crippen molar-refractivity contribution in [3.8, 4) is 17.2 Å². The molecule has 0 aliphatic heterocycles. The highest BCUT2D eigenvalue weighted by Gasteiger charge is 2.11. The summed E-state index contributed by atoms with van der Waals surface area (Å²) >= 11 is 12.1. The number of hydrogen-bond donors (Lipinski definition) is 1. The van der Waals surface area contributed by atoms with E-state index in [0.717, 1.165) is 11.8 Å². The number of fused-ring (bicyclic) bond motifs is 1. The summed E-state index contributed by atoms with van der Waals surface area (Å²) in [7, 11) is 3.08. The van der Waals surface area contributed by atoms with E-state index < -0.39 is 0 Å². The largest absolute Gasteiger partial charge is 0.493 e. The number of allylic oxidation sites excluding steroid dienone is 2. The Labute approximate surface area is 196 Å². The van der Waals surface area contributed by atoms with Gasteiger partial charge in [-0.3, -0.25) is 4.79 Å². The molecule has 6 nitrogen and oxygen atoms in total. The first-order valence-corrected chi connectivity index (χ1v) is 10.8. The molecule has 0 spiro atoms. The predicted octanol–water partition coefficient (Wildman–Crippen LogP) is 6.23. The number of nitrogens with one attached hydrogen (secondary N) is 1. The highest BCUT2D eigenvalue weighted by molar-refractivity contribution is 6.48. The standard InChI is InChI=1S/C24H23Cl2NO5/c1-29-19-11-10-17(15-22(19)30-2)27-23(28)9-4-7-18(26)21-14-16-6-3-8-20(24(16)32-21)31-13-5-12-25/h3-4,6-11,14-15H,5,12-13H2,1-2H3,(H,27,28). The fraction of sp³-hybridized carbons (Fsp3) is 0.208. The van der Waals surface area contributed by atoms with Crippen LogP contribution in [0.5, 0.6) is 17.2 Å². The predicted molar refractivity (Wildman–Crippen MR) is 128 cm³/mol. The molecule has 2 aromatic carbocycles. The number of alkyl halides is 1. The molecule has 0 atom stereocenters. The van der Waals surface area contributed by atoms with Gasteiger partial charge in [-0.1, -0.05) is 29.8 Å². The second-order valence-electron chi connectivity index (χ2n) is 6.61. The average Bonchev–Trinajstić information content (AvgIpc) is 3.24. The Balaban J connectivity index is 1.67. The Kier molecular flexibility index (Phi) is 8.48. The van der Waals surface area contributed by atoms with Gasteiger partial charge < -0.3 is 23.9 Å². The van der Waals surface area contributed by atoms with Crippen molar-refractivity contribution < 1.29 is 23.4 Å². The number of para-hydroxylation sites is 1. The van der Waals surface area contributed by atoms with E-state index in [2.05, 4.69) is 5.32 Å². The van der Waals surface area contributed by atoms with Crippen LogP contribution in [-0.4, -0.2) is 32.6 Å². The van der Waals surface area contributed by atoms with E-state index in [0.29, 0.717) is 51.8 Å². The lowest BCUT2D eigenvalue weighted by Gasteiger charge is -2.09. The van der Waals surface area contributed by atoms with Crippen LogP contribution in [0.3, 0.4) is 0 Å². The average molecular weight is 476 g/mol. The van der Waals surface area contributed by atoms with Gasteiger partial charge in [0.1, 0.15) is 5.76 Å². The summed E-state index contributed by atoms with van der Waals surface area (Å²) in [6.07, 6.45) is 5.23. The molecule has 1 amide bonds. The molecule has 0 saturated carbocycles. The third kappa shape index (κ3) is 5.99. The number of ether oxygens (including phenoxy) is 3. The molecule has 0 aliphatic rings. The van der Waals surface area contributed by atoms with Gasteiger partial charge in [-0.15, -0.1) is 11.6 Å². The number of methoxy groups -OCH3 is 2. The summed E-state index contributed by atoms with van der Waals surface area (Å²) in [5.41, 5.74) is 1.19. The van der Waals surface area contributed by atoms with Gasteiger partial charge in [0.25, 0.3) is 0 Å².